The predicted octanol–water partition coefficient (Wildman–Crippen LogP) is 8.46. The van der Waals surface area contributed by atoms with E-state index in [-0.39, 0.29) is 5.82 Å². The van der Waals surface area contributed by atoms with E-state index in [9.17, 15) is 4.39 Å². The molecule has 3 aliphatic rings. The Labute approximate surface area is 184 Å². The maximum Gasteiger partial charge on any atom is 0.126 e. The van der Waals surface area contributed by atoms with Gasteiger partial charge >= 0.3 is 0 Å². The van der Waals surface area contributed by atoms with Gasteiger partial charge in [0.1, 0.15) is 5.82 Å². The van der Waals surface area contributed by atoms with Crippen LogP contribution in [0.3, 0.4) is 0 Å². The number of halogens is 1. The molecule has 4 rings (SSSR count). The fourth-order valence-electron chi connectivity index (χ4n) is 7.08. The minimum absolute atomic E-state index is 0.0813. The van der Waals surface area contributed by atoms with Gasteiger partial charge < -0.3 is 0 Å². The minimum Gasteiger partial charge on any atom is -0.207 e. The molecule has 1 heteroatoms. The maximum absolute atomic E-state index is 15.0. The number of benzene rings is 1. The Morgan fingerprint density at radius 1 is 0.967 bits per heavy atom. The monoisotopic (exact) mass is 410 g/mol. The van der Waals surface area contributed by atoms with E-state index in [2.05, 4.69) is 32.1 Å². The first-order chi connectivity index (χ1) is 14.7. The van der Waals surface area contributed by atoms with Crippen LogP contribution in [0.5, 0.6) is 0 Å². The average Bonchev–Trinajstić information content (AvgIpc) is 2.77. The predicted molar refractivity (Wildman–Crippen MR) is 126 cm³/mol. The molecule has 3 aliphatic carbocycles. The summed E-state index contributed by atoms with van der Waals surface area (Å²) in [6, 6.07) is 4.14. The van der Waals surface area contributed by atoms with Crippen LogP contribution >= 0.6 is 0 Å². The number of hydrogen-bond donors (Lipinski definition) is 0. The number of aryl methyl sites for hydroxylation is 2. The molecular formula is C29H43F. The van der Waals surface area contributed by atoms with Crippen LogP contribution in [0.2, 0.25) is 0 Å². The fourth-order valence-corrected chi connectivity index (χ4v) is 7.08. The van der Waals surface area contributed by atoms with Gasteiger partial charge in [-0.1, -0.05) is 50.8 Å². The molecule has 0 radical (unpaired) electrons. The molecule has 5 unspecified atom stereocenters. The highest BCUT2D eigenvalue weighted by Gasteiger charge is 2.38. The van der Waals surface area contributed by atoms with Gasteiger partial charge in [0.2, 0.25) is 0 Å². The lowest BCUT2D eigenvalue weighted by atomic mass is 9.60. The van der Waals surface area contributed by atoms with Crippen molar-refractivity contribution in [1.82, 2.24) is 0 Å². The lowest BCUT2D eigenvalue weighted by Gasteiger charge is -2.45. The molecule has 166 valence electrons. The smallest absolute Gasteiger partial charge is 0.126 e. The van der Waals surface area contributed by atoms with Gasteiger partial charge in [-0.2, -0.15) is 0 Å². The van der Waals surface area contributed by atoms with Crippen LogP contribution in [0.15, 0.2) is 24.3 Å². The van der Waals surface area contributed by atoms with Crippen molar-refractivity contribution in [2.24, 2.45) is 29.6 Å². The standard InChI is InChI=1S/C29H43F/c1-3-5-7-9-22-17-27-15-14-26(20-28(27)29(30)18-22)25-13-12-23-16-21(8-6-4-2)10-11-24(23)19-25/h3,5,17-18,21,23-26H,4,6-16,19-20H2,1-2H3/b5-3+. The van der Waals surface area contributed by atoms with Crippen molar-refractivity contribution in [3.05, 3.63) is 46.8 Å². The normalized spacial score (nSPS) is 31.5. The molecule has 2 fully saturated rings. The van der Waals surface area contributed by atoms with Crippen LogP contribution in [-0.2, 0) is 19.3 Å². The SMILES string of the molecule is C/C=C/CCc1cc(F)c2c(c1)CCC(C1CCC3CC(CCCC)CCC3C1)C2. The number of fused-ring (bicyclic) bond motifs is 2. The summed E-state index contributed by atoms with van der Waals surface area (Å²) in [6.45, 7) is 4.38. The van der Waals surface area contributed by atoms with Crippen molar-refractivity contribution in [2.75, 3.05) is 0 Å². The third kappa shape index (κ3) is 5.20. The molecule has 0 bridgehead atoms. The first-order valence-corrected chi connectivity index (χ1v) is 13.1. The topological polar surface area (TPSA) is 0 Å². The number of hydrogen-bond acceptors (Lipinski definition) is 0. The summed E-state index contributed by atoms with van der Waals surface area (Å²) in [6.07, 6.45) is 22.6. The summed E-state index contributed by atoms with van der Waals surface area (Å²) in [5.74, 6) is 4.64. The quantitative estimate of drug-likeness (QED) is 0.395. The number of allylic oxidation sites excluding steroid dienone is 2. The third-order valence-electron chi connectivity index (χ3n) is 8.83. The second kappa shape index (κ2) is 10.5. The first kappa shape index (κ1) is 22.1. The van der Waals surface area contributed by atoms with Crippen molar-refractivity contribution >= 4 is 0 Å². The van der Waals surface area contributed by atoms with Gasteiger partial charge in [0, 0.05) is 0 Å². The molecule has 0 nitrogen and oxygen atoms in total. The second-order valence-corrected chi connectivity index (χ2v) is 10.7. The molecule has 2 saturated carbocycles. The maximum atomic E-state index is 15.0. The van der Waals surface area contributed by atoms with Gasteiger partial charge in [-0.3, -0.25) is 0 Å². The minimum atomic E-state index is 0.0813. The van der Waals surface area contributed by atoms with Gasteiger partial charge in [-0.15, -0.1) is 0 Å². The Kier molecular flexibility index (Phi) is 7.71. The zero-order valence-electron chi connectivity index (χ0n) is 19.5. The van der Waals surface area contributed by atoms with Crippen molar-refractivity contribution in [3.63, 3.8) is 0 Å². The third-order valence-corrected chi connectivity index (χ3v) is 8.83. The molecule has 0 amide bonds. The van der Waals surface area contributed by atoms with Gasteiger partial charge in [-0.05, 0) is 123 Å². The van der Waals surface area contributed by atoms with Crippen molar-refractivity contribution in [3.8, 4) is 0 Å². The molecule has 0 heterocycles. The summed E-state index contributed by atoms with van der Waals surface area (Å²) in [4.78, 5) is 0. The zero-order chi connectivity index (χ0) is 20.9. The lowest BCUT2D eigenvalue weighted by Crippen LogP contribution is -2.35. The van der Waals surface area contributed by atoms with Gasteiger partial charge in [0.05, 0.1) is 0 Å². The largest absolute Gasteiger partial charge is 0.207 e. The molecule has 0 aromatic heterocycles. The van der Waals surface area contributed by atoms with E-state index in [1.165, 1.54) is 75.3 Å². The van der Waals surface area contributed by atoms with Crippen molar-refractivity contribution in [2.45, 2.75) is 104 Å². The molecule has 0 N–H and O–H groups in total. The Balaban J connectivity index is 1.34. The van der Waals surface area contributed by atoms with Gasteiger partial charge in [-0.25, -0.2) is 4.39 Å². The molecule has 0 aliphatic heterocycles. The fraction of sp³-hybridized carbons (Fsp3) is 0.724. The Morgan fingerprint density at radius 2 is 1.73 bits per heavy atom. The van der Waals surface area contributed by atoms with Crippen molar-refractivity contribution in [1.29, 1.82) is 0 Å². The summed E-state index contributed by atoms with van der Waals surface area (Å²) in [7, 11) is 0. The first-order valence-electron chi connectivity index (χ1n) is 13.1. The molecule has 5 atom stereocenters. The second-order valence-electron chi connectivity index (χ2n) is 10.7. The van der Waals surface area contributed by atoms with Gasteiger partial charge in [0.15, 0.2) is 0 Å². The Bertz CT molecular complexity index is 717. The molecule has 0 spiro atoms. The van der Waals surface area contributed by atoms with E-state index >= 15 is 0 Å². The Morgan fingerprint density at radius 3 is 2.53 bits per heavy atom. The van der Waals surface area contributed by atoms with E-state index in [0.717, 1.165) is 60.8 Å². The summed E-state index contributed by atoms with van der Waals surface area (Å²) in [5.41, 5.74) is 3.56. The highest BCUT2D eigenvalue weighted by Crippen LogP contribution is 2.49. The lowest BCUT2D eigenvalue weighted by molar-refractivity contribution is 0.0688. The average molecular weight is 411 g/mol. The molecule has 0 saturated heterocycles. The van der Waals surface area contributed by atoms with Crippen LogP contribution in [0.25, 0.3) is 0 Å². The zero-order valence-corrected chi connectivity index (χ0v) is 19.5. The van der Waals surface area contributed by atoms with Crippen LogP contribution in [-0.4, -0.2) is 0 Å². The summed E-state index contributed by atoms with van der Waals surface area (Å²) in [5, 5.41) is 0. The molecule has 1 aromatic rings. The van der Waals surface area contributed by atoms with E-state index in [1.807, 2.05) is 6.07 Å². The summed E-state index contributed by atoms with van der Waals surface area (Å²) >= 11 is 0. The van der Waals surface area contributed by atoms with E-state index in [1.54, 1.807) is 0 Å². The van der Waals surface area contributed by atoms with Crippen LogP contribution in [0.1, 0.15) is 101 Å². The highest BCUT2D eigenvalue weighted by molar-refractivity contribution is 5.36. The van der Waals surface area contributed by atoms with Crippen LogP contribution in [0.4, 0.5) is 4.39 Å². The van der Waals surface area contributed by atoms with Crippen molar-refractivity contribution < 1.29 is 4.39 Å². The highest BCUT2D eigenvalue weighted by atomic mass is 19.1. The van der Waals surface area contributed by atoms with E-state index < -0.39 is 0 Å². The number of unbranched alkanes of at least 4 members (excludes halogenated alkanes) is 1. The molecule has 30 heavy (non-hydrogen) atoms. The summed E-state index contributed by atoms with van der Waals surface area (Å²) < 4.78 is 15.0. The van der Waals surface area contributed by atoms with Gasteiger partial charge in [0.25, 0.3) is 0 Å². The molecule has 1 aromatic carbocycles. The van der Waals surface area contributed by atoms with Crippen LogP contribution < -0.4 is 0 Å². The number of rotatable bonds is 7. The Hall–Kier alpha value is -1.11. The van der Waals surface area contributed by atoms with E-state index in [0.29, 0.717) is 0 Å². The van der Waals surface area contributed by atoms with E-state index in [4.69, 9.17) is 0 Å². The molecular weight excluding hydrogens is 367 g/mol. The van der Waals surface area contributed by atoms with Crippen LogP contribution in [0, 0.1) is 35.4 Å².